The zero-order valence-electron chi connectivity index (χ0n) is 19.2. The summed E-state index contributed by atoms with van der Waals surface area (Å²) in [4.78, 5) is 18.1. The smallest absolute Gasteiger partial charge is 0.262 e. The summed E-state index contributed by atoms with van der Waals surface area (Å²) in [7, 11) is -3.99. The van der Waals surface area contributed by atoms with Gasteiger partial charge < -0.3 is 0 Å². The number of aromatic nitrogens is 1. The first-order valence-corrected chi connectivity index (χ1v) is 12.9. The molecule has 1 aromatic heterocycles. The highest BCUT2D eigenvalue weighted by molar-refractivity contribution is 7.92. The van der Waals surface area contributed by atoms with Crippen LogP contribution in [-0.4, -0.2) is 19.2 Å². The van der Waals surface area contributed by atoms with Crippen LogP contribution in [0.25, 0.3) is 10.2 Å². The van der Waals surface area contributed by atoms with Gasteiger partial charge in [-0.2, -0.15) is 5.26 Å². The molecule has 3 aromatic carbocycles. The van der Waals surface area contributed by atoms with Crippen LogP contribution in [0.5, 0.6) is 0 Å². The molecule has 8 heteroatoms. The highest BCUT2D eigenvalue weighted by Gasteiger charge is 2.29. The summed E-state index contributed by atoms with van der Waals surface area (Å²) in [5, 5.41) is 10.2. The van der Waals surface area contributed by atoms with Crippen molar-refractivity contribution >= 4 is 43.0 Å². The van der Waals surface area contributed by atoms with Crippen molar-refractivity contribution in [3.8, 4) is 6.07 Å². The van der Waals surface area contributed by atoms with E-state index in [-0.39, 0.29) is 16.1 Å². The lowest BCUT2D eigenvalue weighted by atomic mass is 9.98. The maximum absolute atomic E-state index is 13.5. The van der Waals surface area contributed by atoms with Gasteiger partial charge >= 0.3 is 0 Å². The summed E-state index contributed by atoms with van der Waals surface area (Å²) in [5.41, 5.74) is 4.02. The standard InChI is InChI=1S/C26H23N3O3S2/c1-15-13-16(2)18(4)25(17(15)3)34(31,32)29-21-10-6-5-9-19(21)24(30)20(14-27)26-28-22-11-7-8-12-23(22)33-26/h5-13,20,29H,1-4H3/t20-/m1/s1. The number of thiazole rings is 1. The van der Waals surface area contributed by atoms with Crippen LogP contribution in [0.3, 0.4) is 0 Å². The number of carbonyl (C=O) groups excluding carboxylic acids is 1. The molecule has 0 radical (unpaired) electrons. The van der Waals surface area contributed by atoms with E-state index in [2.05, 4.69) is 15.8 Å². The molecule has 6 nitrogen and oxygen atoms in total. The number of rotatable bonds is 6. The maximum atomic E-state index is 13.5. The minimum absolute atomic E-state index is 0.122. The van der Waals surface area contributed by atoms with Gasteiger partial charge in [-0.1, -0.05) is 30.3 Å². The molecule has 0 saturated heterocycles. The van der Waals surface area contributed by atoms with Crippen LogP contribution in [0.4, 0.5) is 5.69 Å². The van der Waals surface area contributed by atoms with Crippen molar-refractivity contribution in [1.82, 2.24) is 4.98 Å². The third kappa shape index (κ3) is 4.20. The van der Waals surface area contributed by atoms with E-state index in [4.69, 9.17) is 0 Å². The molecule has 0 aliphatic rings. The van der Waals surface area contributed by atoms with Gasteiger partial charge in [0.2, 0.25) is 0 Å². The molecule has 4 rings (SSSR count). The van der Waals surface area contributed by atoms with E-state index in [1.165, 1.54) is 23.5 Å². The van der Waals surface area contributed by atoms with E-state index in [1.807, 2.05) is 44.2 Å². The van der Waals surface area contributed by atoms with Gasteiger partial charge in [0.15, 0.2) is 11.7 Å². The van der Waals surface area contributed by atoms with E-state index in [0.29, 0.717) is 21.7 Å². The minimum atomic E-state index is -3.99. The topological polar surface area (TPSA) is 99.9 Å². The van der Waals surface area contributed by atoms with Crippen molar-refractivity contribution < 1.29 is 13.2 Å². The van der Waals surface area contributed by atoms with Gasteiger partial charge in [0.05, 0.1) is 26.9 Å². The van der Waals surface area contributed by atoms with E-state index in [1.54, 1.807) is 26.0 Å². The molecule has 0 saturated carbocycles. The molecule has 0 bridgehead atoms. The number of sulfonamides is 1. The lowest BCUT2D eigenvalue weighted by Crippen LogP contribution is -2.20. The van der Waals surface area contributed by atoms with Crippen molar-refractivity contribution in [3.63, 3.8) is 0 Å². The second-order valence-corrected chi connectivity index (χ2v) is 10.9. The van der Waals surface area contributed by atoms with Crippen LogP contribution in [0.2, 0.25) is 0 Å². The van der Waals surface area contributed by atoms with Crippen molar-refractivity contribution in [1.29, 1.82) is 5.26 Å². The Kier molecular flexibility index (Phi) is 6.26. The monoisotopic (exact) mass is 489 g/mol. The van der Waals surface area contributed by atoms with Gasteiger partial charge in [-0.3, -0.25) is 9.52 Å². The molecule has 0 aliphatic heterocycles. The molecule has 4 aromatic rings. The van der Waals surface area contributed by atoms with Gasteiger partial charge in [0.25, 0.3) is 10.0 Å². The molecular weight excluding hydrogens is 466 g/mol. The van der Waals surface area contributed by atoms with Crippen LogP contribution in [0.15, 0.2) is 59.5 Å². The second kappa shape index (κ2) is 9.01. The Balaban J connectivity index is 1.75. The lowest BCUT2D eigenvalue weighted by molar-refractivity contribution is 0.0979. The van der Waals surface area contributed by atoms with Gasteiger partial charge in [0.1, 0.15) is 5.01 Å². The fourth-order valence-corrected chi connectivity index (χ4v) is 6.67. The lowest BCUT2D eigenvalue weighted by Gasteiger charge is -2.18. The van der Waals surface area contributed by atoms with Gasteiger partial charge in [-0.15, -0.1) is 11.3 Å². The first-order chi connectivity index (χ1) is 16.1. The predicted molar refractivity (Wildman–Crippen MR) is 135 cm³/mol. The normalized spacial score (nSPS) is 12.3. The quantitative estimate of drug-likeness (QED) is 0.344. The first kappa shape index (κ1) is 23.6. The number of Topliss-reactive ketones (excluding diaryl/α,β-unsaturated/α-hetero) is 1. The van der Waals surface area contributed by atoms with Crippen molar-refractivity contribution in [2.45, 2.75) is 38.5 Å². The Morgan fingerprint density at radius 1 is 1.00 bits per heavy atom. The number of hydrogen-bond donors (Lipinski definition) is 1. The number of ketones is 1. The summed E-state index contributed by atoms with van der Waals surface area (Å²) < 4.78 is 30.4. The number of hydrogen-bond acceptors (Lipinski definition) is 6. The largest absolute Gasteiger partial charge is 0.292 e. The summed E-state index contributed by atoms with van der Waals surface area (Å²) in [6.07, 6.45) is 0. The molecule has 172 valence electrons. The number of benzene rings is 3. The zero-order valence-corrected chi connectivity index (χ0v) is 20.8. The molecule has 1 heterocycles. The van der Waals surface area contributed by atoms with E-state index >= 15 is 0 Å². The molecule has 34 heavy (non-hydrogen) atoms. The molecule has 1 N–H and O–H groups in total. The molecule has 1 atom stereocenters. The molecule has 0 spiro atoms. The Labute approximate surface area is 203 Å². The van der Waals surface area contributed by atoms with Crippen LogP contribution >= 0.6 is 11.3 Å². The van der Waals surface area contributed by atoms with Crippen molar-refractivity contribution in [2.24, 2.45) is 0 Å². The summed E-state index contributed by atoms with van der Waals surface area (Å²) in [6.45, 7) is 7.28. The highest BCUT2D eigenvalue weighted by Crippen LogP contribution is 2.33. The van der Waals surface area contributed by atoms with Crippen molar-refractivity contribution in [3.05, 3.63) is 87.4 Å². The van der Waals surface area contributed by atoms with E-state index < -0.39 is 21.7 Å². The van der Waals surface area contributed by atoms with Gasteiger partial charge in [-0.05, 0) is 74.2 Å². The van der Waals surface area contributed by atoms with Gasteiger partial charge in [0, 0.05) is 5.56 Å². The maximum Gasteiger partial charge on any atom is 0.262 e. The van der Waals surface area contributed by atoms with Crippen LogP contribution in [0, 0.1) is 39.0 Å². The number of para-hydroxylation sites is 2. The molecule has 0 unspecified atom stereocenters. The van der Waals surface area contributed by atoms with Crippen LogP contribution in [-0.2, 0) is 10.0 Å². The van der Waals surface area contributed by atoms with E-state index in [0.717, 1.165) is 15.8 Å². The van der Waals surface area contributed by atoms with E-state index in [9.17, 15) is 18.5 Å². The predicted octanol–water partition coefficient (Wildman–Crippen LogP) is 5.82. The second-order valence-electron chi connectivity index (χ2n) is 8.19. The third-order valence-corrected chi connectivity index (χ3v) is 8.69. The number of carbonyl (C=O) groups is 1. The number of nitrogens with zero attached hydrogens (tertiary/aromatic N) is 2. The Morgan fingerprint density at radius 2 is 1.62 bits per heavy atom. The summed E-state index contributed by atoms with van der Waals surface area (Å²) in [6, 6.07) is 17.8. The average Bonchev–Trinajstić information content (AvgIpc) is 3.22. The molecular formula is C26H23N3O3S2. The SMILES string of the molecule is Cc1cc(C)c(C)c(S(=O)(=O)Nc2ccccc2C(=O)[C@@H](C#N)c2nc3ccccc3s2)c1C. The fourth-order valence-electron chi connectivity index (χ4n) is 3.96. The average molecular weight is 490 g/mol. The summed E-state index contributed by atoms with van der Waals surface area (Å²) in [5.74, 6) is -1.65. The van der Waals surface area contributed by atoms with Crippen LogP contribution < -0.4 is 4.72 Å². The highest BCUT2D eigenvalue weighted by atomic mass is 32.2. The Hall–Kier alpha value is -3.54. The minimum Gasteiger partial charge on any atom is -0.292 e. The Morgan fingerprint density at radius 3 is 2.26 bits per heavy atom. The summed E-state index contributed by atoms with van der Waals surface area (Å²) >= 11 is 1.28. The zero-order chi connectivity index (χ0) is 24.6. The number of nitrogens with one attached hydrogen (secondary N) is 1. The Bertz CT molecular complexity index is 1520. The number of aryl methyl sites for hydroxylation is 2. The first-order valence-electron chi connectivity index (χ1n) is 10.6. The number of nitriles is 1. The molecule has 0 amide bonds. The molecule has 0 aliphatic carbocycles. The third-order valence-electron chi connectivity index (χ3n) is 5.95. The number of anilines is 1. The van der Waals surface area contributed by atoms with Crippen molar-refractivity contribution in [2.75, 3.05) is 4.72 Å². The number of fused-ring (bicyclic) bond motifs is 1. The molecule has 0 fully saturated rings. The fraction of sp³-hybridized carbons (Fsp3) is 0.192. The van der Waals surface area contributed by atoms with Gasteiger partial charge in [-0.25, -0.2) is 13.4 Å². The van der Waals surface area contributed by atoms with Crippen LogP contribution in [0.1, 0.15) is 43.5 Å².